The maximum atomic E-state index is 14.2. The second kappa shape index (κ2) is 6.42. The van der Waals surface area contributed by atoms with Crippen LogP contribution < -0.4 is 16.0 Å². The predicted octanol–water partition coefficient (Wildman–Crippen LogP) is 2.20. The Bertz CT molecular complexity index is 1030. The Morgan fingerprint density at radius 2 is 2.22 bits per heavy atom. The maximum Gasteiger partial charge on any atom is 0.404 e. The minimum atomic E-state index is -1.04. The Kier molecular flexibility index (Phi) is 4.06. The van der Waals surface area contributed by atoms with Gasteiger partial charge in [0.1, 0.15) is 11.3 Å². The van der Waals surface area contributed by atoms with E-state index < -0.39 is 11.9 Å². The Hall–Kier alpha value is -3.36. The van der Waals surface area contributed by atoms with E-state index in [4.69, 9.17) is 10.8 Å². The highest BCUT2D eigenvalue weighted by molar-refractivity contribution is 5.98. The second-order valence-corrected chi connectivity index (χ2v) is 6.60. The lowest BCUT2D eigenvalue weighted by Gasteiger charge is -2.21. The first-order chi connectivity index (χ1) is 13.0. The zero-order valence-corrected chi connectivity index (χ0v) is 14.7. The summed E-state index contributed by atoms with van der Waals surface area (Å²) in [6.07, 6.45) is 2.32. The number of carboxylic acid groups (broad SMARTS) is 1. The van der Waals surface area contributed by atoms with Gasteiger partial charge in [0.15, 0.2) is 5.82 Å². The number of aromatic nitrogens is 3. The molecule has 0 radical (unpaired) electrons. The monoisotopic (exact) mass is 370 g/mol. The number of aryl methyl sites for hydroxylation is 1. The van der Waals surface area contributed by atoms with Gasteiger partial charge in [-0.15, -0.1) is 0 Å². The van der Waals surface area contributed by atoms with Gasteiger partial charge in [-0.2, -0.15) is 0 Å². The van der Waals surface area contributed by atoms with Gasteiger partial charge >= 0.3 is 6.09 Å². The van der Waals surface area contributed by atoms with Gasteiger partial charge in [0, 0.05) is 26.3 Å². The summed E-state index contributed by atoms with van der Waals surface area (Å²) in [5.74, 6) is 0.0356. The fourth-order valence-electron chi connectivity index (χ4n) is 3.65. The molecule has 0 unspecified atom stereocenters. The van der Waals surface area contributed by atoms with E-state index in [2.05, 4.69) is 15.3 Å². The average molecular weight is 370 g/mol. The zero-order valence-electron chi connectivity index (χ0n) is 14.7. The highest BCUT2D eigenvalue weighted by atomic mass is 19.1. The molecule has 140 valence electrons. The van der Waals surface area contributed by atoms with Gasteiger partial charge in [-0.3, -0.25) is 4.98 Å². The number of pyridine rings is 1. The number of anilines is 2. The number of hydrogen-bond donors (Lipinski definition) is 3. The van der Waals surface area contributed by atoms with Gasteiger partial charge in [0.05, 0.1) is 34.7 Å². The number of hydrogen-bond acceptors (Lipinski definition) is 5. The van der Waals surface area contributed by atoms with Crippen LogP contribution in [0.1, 0.15) is 6.42 Å². The smallest absolute Gasteiger partial charge is 0.404 e. The van der Waals surface area contributed by atoms with E-state index in [1.807, 2.05) is 22.6 Å². The predicted molar refractivity (Wildman–Crippen MR) is 100 cm³/mol. The molecule has 0 saturated carbocycles. The standard InChI is InChI=1S/C18H19FN6O2/c1-24-14-3-2-13(20)16(25-7-5-10(9-25)22-18(26)27)15(14)23-17(24)11-4-6-21-8-12(11)19/h2-4,6,8,10,22H,5,7,9,20H2,1H3,(H,26,27)/t10-/m0/s1. The van der Waals surface area contributed by atoms with E-state index in [1.165, 1.54) is 6.20 Å². The van der Waals surface area contributed by atoms with Crippen molar-refractivity contribution >= 4 is 28.5 Å². The number of fused-ring (bicyclic) bond motifs is 1. The van der Waals surface area contributed by atoms with Crippen LogP contribution in [0, 0.1) is 5.82 Å². The molecule has 1 aromatic carbocycles. The molecule has 9 heteroatoms. The topological polar surface area (TPSA) is 109 Å². The summed E-state index contributed by atoms with van der Waals surface area (Å²) in [6.45, 7) is 1.16. The molecule has 0 spiro atoms. The van der Waals surface area contributed by atoms with Crippen molar-refractivity contribution in [3.05, 3.63) is 36.4 Å². The molecule has 0 aliphatic carbocycles. The quantitative estimate of drug-likeness (QED) is 0.610. The number of carbonyl (C=O) groups is 1. The van der Waals surface area contributed by atoms with Crippen molar-refractivity contribution in [2.75, 3.05) is 23.7 Å². The van der Waals surface area contributed by atoms with Crippen LogP contribution in [0.2, 0.25) is 0 Å². The van der Waals surface area contributed by atoms with Crippen molar-refractivity contribution in [1.29, 1.82) is 0 Å². The number of nitrogens with one attached hydrogen (secondary N) is 1. The van der Waals surface area contributed by atoms with Crippen LogP contribution in [0.4, 0.5) is 20.6 Å². The largest absolute Gasteiger partial charge is 0.465 e. The molecule has 1 saturated heterocycles. The first kappa shape index (κ1) is 17.1. The molecule has 27 heavy (non-hydrogen) atoms. The summed E-state index contributed by atoms with van der Waals surface area (Å²) < 4.78 is 16.0. The van der Waals surface area contributed by atoms with Gasteiger partial charge in [-0.25, -0.2) is 14.2 Å². The molecular formula is C18H19FN6O2. The van der Waals surface area contributed by atoms with E-state index in [1.54, 1.807) is 12.1 Å². The Balaban J connectivity index is 1.80. The fourth-order valence-corrected chi connectivity index (χ4v) is 3.65. The number of benzene rings is 1. The Labute approximate surface area is 154 Å². The summed E-state index contributed by atoms with van der Waals surface area (Å²) in [5, 5.41) is 11.4. The molecule has 1 atom stereocenters. The number of imidazole rings is 1. The van der Waals surface area contributed by atoms with Gasteiger partial charge in [-0.1, -0.05) is 0 Å². The van der Waals surface area contributed by atoms with Crippen LogP contribution in [0.25, 0.3) is 22.4 Å². The molecule has 1 aliphatic heterocycles. The third-order valence-corrected chi connectivity index (χ3v) is 4.90. The van der Waals surface area contributed by atoms with E-state index in [-0.39, 0.29) is 6.04 Å². The first-order valence-electron chi connectivity index (χ1n) is 8.55. The molecule has 1 fully saturated rings. The van der Waals surface area contributed by atoms with Gasteiger partial charge < -0.3 is 25.6 Å². The lowest BCUT2D eigenvalue weighted by atomic mass is 10.2. The fraction of sp³-hybridized carbons (Fsp3) is 0.278. The number of amides is 1. The first-order valence-corrected chi connectivity index (χ1v) is 8.55. The average Bonchev–Trinajstić information content (AvgIpc) is 3.20. The molecule has 4 N–H and O–H groups in total. The van der Waals surface area contributed by atoms with Crippen molar-refractivity contribution < 1.29 is 14.3 Å². The minimum absolute atomic E-state index is 0.169. The summed E-state index contributed by atoms with van der Waals surface area (Å²) in [5.41, 5.74) is 9.38. The van der Waals surface area contributed by atoms with Gasteiger partial charge in [0.2, 0.25) is 0 Å². The van der Waals surface area contributed by atoms with Gasteiger partial charge in [0.25, 0.3) is 0 Å². The van der Waals surface area contributed by atoms with E-state index in [0.717, 1.165) is 17.4 Å². The second-order valence-electron chi connectivity index (χ2n) is 6.60. The lowest BCUT2D eigenvalue weighted by Crippen LogP contribution is -2.36. The van der Waals surface area contributed by atoms with Crippen LogP contribution in [-0.4, -0.2) is 44.9 Å². The molecule has 1 amide bonds. The zero-order chi connectivity index (χ0) is 19.1. The number of rotatable bonds is 3. The van der Waals surface area contributed by atoms with E-state index in [9.17, 15) is 9.18 Å². The highest BCUT2D eigenvalue weighted by Gasteiger charge is 2.28. The van der Waals surface area contributed by atoms with Crippen LogP contribution in [-0.2, 0) is 7.05 Å². The lowest BCUT2D eigenvalue weighted by molar-refractivity contribution is 0.191. The Morgan fingerprint density at radius 1 is 1.41 bits per heavy atom. The molecule has 2 aromatic heterocycles. The van der Waals surface area contributed by atoms with Crippen molar-refractivity contribution in [1.82, 2.24) is 19.9 Å². The summed E-state index contributed by atoms with van der Waals surface area (Å²) in [6, 6.07) is 5.07. The van der Waals surface area contributed by atoms with Crippen LogP contribution in [0.5, 0.6) is 0 Å². The number of nitrogens with zero attached hydrogens (tertiary/aromatic N) is 4. The molecule has 0 bridgehead atoms. The normalized spacial score (nSPS) is 16.8. The summed E-state index contributed by atoms with van der Waals surface area (Å²) >= 11 is 0. The van der Waals surface area contributed by atoms with E-state index >= 15 is 0 Å². The molecule has 8 nitrogen and oxygen atoms in total. The number of nitrogens with two attached hydrogens (primary N) is 1. The van der Waals surface area contributed by atoms with Gasteiger partial charge in [-0.05, 0) is 24.6 Å². The van der Waals surface area contributed by atoms with Crippen molar-refractivity contribution in [3.8, 4) is 11.4 Å². The molecular weight excluding hydrogens is 351 g/mol. The number of nitrogen functional groups attached to an aromatic ring is 1. The third-order valence-electron chi connectivity index (χ3n) is 4.90. The minimum Gasteiger partial charge on any atom is -0.465 e. The molecule has 3 heterocycles. The van der Waals surface area contributed by atoms with Crippen LogP contribution in [0.3, 0.4) is 0 Å². The van der Waals surface area contributed by atoms with E-state index in [0.29, 0.717) is 42.1 Å². The molecule has 3 aromatic rings. The number of halogens is 1. The SMILES string of the molecule is Cn1c(-c2ccncc2F)nc2c(N3CC[C@H](NC(=O)O)C3)c(N)ccc21. The van der Waals surface area contributed by atoms with Crippen molar-refractivity contribution in [2.45, 2.75) is 12.5 Å². The van der Waals surface area contributed by atoms with Crippen molar-refractivity contribution in [2.24, 2.45) is 7.05 Å². The van der Waals surface area contributed by atoms with Crippen LogP contribution in [0.15, 0.2) is 30.6 Å². The third kappa shape index (κ3) is 2.90. The summed E-state index contributed by atoms with van der Waals surface area (Å²) in [7, 11) is 1.82. The molecule has 1 aliphatic rings. The Morgan fingerprint density at radius 3 is 2.96 bits per heavy atom. The van der Waals surface area contributed by atoms with Crippen LogP contribution >= 0.6 is 0 Å². The van der Waals surface area contributed by atoms with Crippen molar-refractivity contribution in [3.63, 3.8) is 0 Å². The summed E-state index contributed by atoms with van der Waals surface area (Å²) in [4.78, 5) is 21.4. The highest BCUT2D eigenvalue weighted by Crippen LogP contribution is 2.36. The maximum absolute atomic E-state index is 14.2. The molecule has 4 rings (SSSR count).